The van der Waals surface area contributed by atoms with Crippen molar-refractivity contribution in [1.82, 2.24) is 4.98 Å². The highest BCUT2D eigenvalue weighted by Gasteiger charge is 2.24. The summed E-state index contributed by atoms with van der Waals surface area (Å²) >= 11 is 0. The van der Waals surface area contributed by atoms with Crippen LogP contribution in [0.4, 0.5) is 5.69 Å². The summed E-state index contributed by atoms with van der Waals surface area (Å²) in [5.41, 5.74) is 4.58. The number of ether oxygens (including phenoxy) is 1. The first-order valence-corrected chi connectivity index (χ1v) is 8.62. The number of rotatable bonds is 7. The van der Waals surface area contributed by atoms with Crippen molar-refractivity contribution >= 4 is 17.4 Å². The lowest BCUT2D eigenvalue weighted by atomic mass is 10.1. The van der Waals surface area contributed by atoms with Crippen molar-refractivity contribution in [1.29, 1.82) is 0 Å². The summed E-state index contributed by atoms with van der Waals surface area (Å²) in [4.78, 5) is 30.7. The molecule has 0 radical (unpaired) electrons. The van der Waals surface area contributed by atoms with Gasteiger partial charge in [-0.1, -0.05) is 12.1 Å². The van der Waals surface area contributed by atoms with E-state index in [2.05, 4.69) is 34.1 Å². The maximum Gasteiger partial charge on any atom is 0.339 e. The quantitative estimate of drug-likeness (QED) is 0.580. The van der Waals surface area contributed by atoms with Gasteiger partial charge >= 0.3 is 5.97 Å². The molecule has 140 valence electrons. The number of ketones is 1. The third-order valence-corrected chi connectivity index (χ3v) is 4.53. The number of aromatic nitrogens is 1. The summed E-state index contributed by atoms with van der Waals surface area (Å²) in [6.07, 6.45) is 0. The normalized spacial score (nSPS) is 11.9. The van der Waals surface area contributed by atoms with E-state index >= 15 is 0 Å². The number of anilines is 1. The minimum atomic E-state index is -0.419. The molecular weight excluding hydrogens is 330 g/mol. The second kappa shape index (κ2) is 8.19. The molecule has 1 aromatic heterocycles. The lowest BCUT2D eigenvalue weighted by Gasteiger charge is -2.15. The van der Waals surface area contributed by atoms with Crippen LogP contribution in [0.25, 0.3) is 0 Å². The predicted octanol–water partition coefficient (Wildman–Crippen LogP) is 1.38. The zero-order valence-electron chi connectivity index (χ0n) is 16.4. The molecule has 0 saturated carbocycles. The highest BCUT2D eigenvalue weighted by atomic mass is 16.5. The van der Waals surface area contributed by atoms with Gasteiger partial charge in [0.25, 0.3) is 0 Å². The van der Waals surface area contributed by atoms with Crippen LogP contribution in [0.5, 0.6) is 0 Å². The van der Waals surface area contributed by atoms with Crippen molar-refractivity contribution < 1.29 is 19.2 Å². The molecule has 2 N–H and O–H groups in total. The zero-order valence-corrected chi connectivity index (χ0v) is 16.4. The molecule has 0 spiro atoms. The number of hydrogen-bond acceptors (Lipinski definition) is 4. The van der Waals surface area contributed by atoms with Crippen LogP contribution in [-0.4, -0.2) is 51.5 Å². The van der Waals surface area contributed by atoms with Crippen LogP contribution in [0.15, 0.2) is 24.3 Å². The molecule has 1 heterocycles. The molecule has 1 aromatic carbocycles. The summed E-state index contributed by atoms with van der Waals surface area (Å²) in [5.74, 6) is -0.430. The van der Waals surface area contributed by atoms with E-state index in [4.69, 9.17) is 4.74 Å². The van der Waals surface area contributed by atoms with E-state index < -0.39 is 5.97 Å². The number of hydrogen-bond donors (Lipinski definition) is 2. The van der Waals surface area contributed by atoms with Gasteiger partial charge in [0.1, 0.15) is 13.1 Å². The summed E-state index contributed by atoms with van der Waals surface area (Å²) in [5, 5.41) is 0. The standard InChI is InChI=1S/C20H27N3O3/c1-13-18(20(25)26-6)14(2)21-19(13)17(24)12-23(5)11-15-7-9-16(10-8-15)22(3)4/h7-10,21H,11-12H2,1-6H3/p+1. The Bertz CT molecular complexity index is 791. The van der Waals surface area contributed by atoms with Crippen molar-refractivity contribution in [2.45, 2.75) is 20.4 Å². The van der Waals surface area contributed by atoms with E-state index in [1.807, 2.05) is 21.1 Å². The Hall–Kier alpha value is -2.60. The molecule has 26 heavy (non-hydrogen) atoms. The van der Waals surface area contributed by atoms with Gasteiger partial charge < -0.3 is 19.5 Å². The number of benzene rings is 1. The molecule has 2 aromatic rings. The molecule has 1 atom stereocenters. The molecule has 0 amide bonds. The van der Waals surface area contributed by atoms with E-state index in [0.717, 1.165) is 17.1 Å². The SMILES string of the molecule is COC(=O)c1c(C)[nH]c(C(=O)C[NH+](C)Cc2ccc(N(C)C)cc2)c1C. The number of Topliss-reactive ketones (excluding diaryl/α,β-unsaturated/α-hetero) is 1. The zero-order chi connectivity index (χ0) is 19.4. The van der Waals surface area contributed by atoms with Gasteiger partial charge in [0.15, 0.2) is 0 Å². The minimum Gasteiger partial charge on any atom is -0.465 e. The maximum atomic E-state index is 12.7. The van der Waals surface area contributed by atoms with Gasteiger partial charge in [-0.2, -0.15) is 0 Å². The van der Waals surface area contributed by atoms with Crippen LogP contribution in [0.2, 0.25) is 0 Å². The Kier molecular flexibility index (Phi) is 6.21. The molecule has 6 heteroatoms. The number of quaternary nitrogens is 1. The average molecular weight is 358 g/mol. The van der Waals surface area contributed by atoms with Gasteiger partial charge in [0.2, 0.25) is 5.78 Å². The Morgan fingerprint density at radius 1 is 1.15 bits per heavy atom. The number of carbonyl (C=O) groups is 2. The molecule has 2 rings (SSSR count). The van der Waals surface area contributed by atoms with Gasteiger partial charge in [0, 0.05) is 31.0 Å². The number of methoxy groups -OCH3 is 1. The number of H-pyrrole nitrogens is 1. The fraction of sp³-hybridized carbons (Fsp3) is 0.400. The molecule has 0 bridgehead atoms. The summed E-state index contributed by atoms with van der Waals surface area (Å²) < 4.78 is 4.80. The van der Waals surface area contributed by atoms with E-state index in [1.165, 1.54) is 12.7 Å². The van der Waals surface area contributed by atoms with Crippen molar-refractivity contribution in [2.24, 2.45) is 0 Å². The fourth-order valence-corrected chi connectivity index (χ4v) is 3.12. The van der Waals surface area contributed by atoms with E-state index in [9.17, 15) is 9.59 Å². The Balaban J connectivity index is 2.06. The van der Waals surface area contributed by atoms with E-state index in [1.54, 1.807) is 13.8 Å². The number of aryl methyl sites for hydroxylation is 1. The number of nitrogens with one attached hydrogen (secondary N) is 2. The van der Waals surface area contributed by atoms with Crippen molar-refractivity contribution in [2.75, 3.05) is 39.7 Å². The van der Waals surface area contributed by atoms with E-state index in [0.29, 0.717) is 29.1 Å². The highest BCUT2D eigenvalue weighted by molar-refractivity contribution is 6.01. The second-order valence-corrected chi connectivity index (χ2v) is 6.91. The van der Waals surface area contributed by atoms with Gasteiger partial charge in [-0.25, -0.2) is 4.79 Å². The van der Waals surface area contributed by atoms with Crippen LogP contribution in [-0.2, 0) is 11.3 Å². The van der Waals surface area contributed by atoms with Crippen LogP contribution in [0, 0.1) is 13.8 Å². The smallest absolute Gasteiger partial charge is 0.339 e. The summed E-state index contributed by atoms with van der Waals surface area (Å²) in [6, 6.07) is 8.32. The number of nitrogens with zero attached hydrogens (tertiary/aromatic N) is 1. The van der Waals surface area contributed by atoms with Crippen molar-refractivity contribution in [3.8, 4) is 0 Å². The van der Waals surface area contributed by atoms with Crippen molar-refractivity contribution in [3.63, 3.8) is 0 Å². The maximum absolute atomic E-state index is 12.7. The largest absolute Gasteiger partial charge is 0.465 e. The molecular formula is C20H28N3O3+. The minimum absolute atomic E-state index is 0.0110. The third kappa shape index (κ3) is 4.32. The number of esters is 1. The molecule has 0 aliphatic heterocycles. The van der Waals surface area contributed by atoms with Gasteiger partial charge in [0.05, 0.1) is 25.4 Å². The monoisotopic (exact) mass is 358 g/mol. The van der Waals surface area contributed by atoms with Crippen LogP contribution >= 0.6 is 0 Å². The fourth-order valence-electron chi connectivity index (χ4n) is 3.12. The van der Waals surface area contributed by atoms with Gasteiger partial charge in [-0.3, -0.25) is 4.79 Å². The lowest BCUT2D eigenvalue weighted by molar-refractivity contribution is -0.884. The predicted molar refractivity (Wildman–Crippen MR) is 102 cm³/mol. The molecule has 0 aliphatic carbocycles. The third-order valence-electron chi connectivity index (χ3n) is 4.53. The number of carbonyl (C=O) groups excluding carboxylic acids is 2. The molecule has 6 nitrogen and oxygen atoms in total. The highest BCUT2D eigenvalue weighted by Crippen LogP contribution is 2.19. The first kappa shape index (κ1) is 19.7. The van der Waals surface area contributed by atoms with Gasteiger partial charge in [-0.15, -0.1) is 0 Å². The Labute approximate surface area is 154 Å². The number of likely N-dealkylation sites (N-methyl/N-ethyl adjacent to an activating group) is 1. The van der Waals surface area contributed by atoms with E-state index in [-0.39, 0.29) is 5.78 Å². The molecule has 0 saturated heterocycles. The average Bonchev–Trinajstić information content (AvgIpc) is 2.89. The van der Waals surface area contributed by atoms with Crippen molar-refractivity contribution in [3.05, 3.63) is 52.3 Å². The first-order valence-electron chi connectivity index (χ1n) is 8.62. The van der Waals surface area contributed by atoms with Crippen LogP contribution in [0.1, 0.15) is 37.7 Å². The second-order valence-electron chi connectivity index (χ2n) is 6.91. The molecule has 0 fully saturated rings. The summed E-state index contributed by atoms with van der Waals surface area (Å²) in [7, 11) is 7.35. The lowest BCUT2D eigenvalue weighted by Crippen LogP contribution is -3.08. The Morgan fingerprint density at radius 2 is 1.77 bits per heavy atom. The first-order chi connectivity index (χ1) is 12.2. The summed E-state index contributed by atoms with van der Waals surface area (Å²) in [6.45, 7) is 4.65. The number of aromatic amines is 1. The topological polar surface area (TPSA) is 66.8 Å². The molecule has 1 unspecified atom stereocenters. The molecule has 0 aliphatic rings. The van der Waals surface area contributed by atoms with Crippen LogP contribution in [0.3, 0.4) is 0 Å². The van der Waals surface area contributed by atoms with Crippen LogP contribution < -0.4 is 9.80 Å². The van der Waals surface area contributed by atoms with Gasteiger partial charge in [-0.05, 0) is 31.5 Å². The Morgan fingerprint density at radius 3 is 2.31 bits per heavy atom.